The van der Waals surface area contributed by atoms with Gasteiger partial charge in [-0.05, 0) is 49.2 Å². The smallest absolute Gasteiger partial charge is 0.246 e. The molecule has 0 bridgehead atoms. The summed E-state index contributed by atoms with van der Waals surface area (Å²) in [5.41, 5.74) is 0.139. The number of sulfonamides is 1. The summed E-state index contributed by atoms with van der Waals surface area (Å²) in [6.07, 6.45) is 0.331. The molecule has 1 aromatic heterocycles. The summed E-state index contributed by atoms with van der Waals surface area (Å²) in [4.78, 5) is 16.0. The molecule has 0 atom stereocenters. The molecule has 174 valence electrons. The molecule has 1 aliphatic heterocycles. The molecule has 1 saturated heterocycles. The number of rotatable bonds is 5. The monoisotopic (exact) mass is 499 g/mol. The zero-order valence-electron chi connectivity index (χ0n) is 16.9. The topological polar surface area (TPSA) is 79.4 Å². The summed E-state index contributed by atoms with van der Waals surface area (Å²) in [6.45, 7) is -0.0952. The fraction of sp³-hybridized carbons (Fsp3) is 0.238. The lowest BCUT2D eigenvalue weighted by Crippen LogP contribution is -2.41. The third-order valence-corrected chi connectivity index (χ3v) is 7.95. The Morgan fingerprint density at radius 2 is 1.64 bits per heavy atom. The third kappa shape index (κ3) is 4.92. The number of nitrogens with zero attached hydrogens (tertiary/aromatic N) is 2. The molecule has 1 N–H and O–H groups in total. The highest BCUT2D eigenvalue weighted by Gasteiger charge is 2.34. The van der Waals surface area contributed by atoms with Gasteiger partial charge in [0, 0.05) is 30.0 Å². The van der Waals surface area contributed by atoms with Crippen LogP contribution < -0.4 is 5.32 Å². The van der Waals surface area contributed by atoms with Crippen LogP contribution in [0.2, 0.25) is 0 Å². The van der Waals surface area contributed by atoms with E-state index in [1.165, 1.54) is 5.38 Å². The first-order valence-electron chi connectivity index (χ1n) is 9.82. The van der Waals surface area contributed by atoms with E-state index in [0.29, 0.717) is 6.07 Å². The molecule has 1 aliphatic rings. The normalized spacial score (nSPS) is 15.5. The Kier molecular flexibility index (Phi) is 6.50. The number of hydrogen-bond donors (Lipinski definition) is 1. The number of piperidine rings is 1. The van der Waals surface area contributed by atoms with Crippen molar-refractivity contribution in [2.24, 2.45) is 5.92 Å². The van der Waals surface area contributed by atoms with E-state index in [1.54, 1.807) is 0 Å². The summed E-state index contributed by atoms with van der Waals surface area (Å²) in [7, 11) is -4.25. The fourth-order valence-corrected chi connectivity index (χ4v) is 5.79. The van der Waals surface area contributed by atoms with Crippen molar-refractivity contribution in [3.63, 3.8) is 0 Å². The van der Waals surface area contributed by atoms with Gasteiger partial charge in [0.25, 0.3) is 0 Å². The molecule has 33 heavy (non-hydrogen) atoms. The van der Waals surface area contributed by atoms with Crippen LogP contribution in [0.4, 0.5) is 22.7 Å². The molecule has 1 fully saturated rings. The van der Waals surface area contributed by atoms with Crippen LogP contribution in [0.3, 0.4) is 0 Å². The number of carbonyl (C=O) groups excluding carboxylic acids is 1. The molecule has 2 heterocycles. The van der Waals surface area contributed by atoms with E-state index in [9.17, 15) is 30.8 Å². The Morgan fingerprint density at radius 1 is 1.00 bits per heavy atom. The van der Waals surface area contributed by atoms with Crippen LogP contribution in [-0.4, -0.2) is 36.7 Å². The van der Waals surface area contributed by atoms with Crippen molar-refractivity contribution in [2.45, 2.75) is 17.7 Å². The van der Waals surface area contributed by atoms with Crippen LogP contribution in [0.15, 0.2) is 46.7 Å². The van der Waals surface area contributed by atoms with Crippen LogP contribution in [0.1, 0.15) is 12.8 Å². The second kappa shape index (κ2) is 9.20. The highest BCUT2D eigenvalue weighted by molar-refractivity contribution is 7.89. The Bertz CT molecular complexity index is 1310. The van der Waals surface area contributed by atoms with Gasteiger partial charge in [-0.2, -0.15) is 4.31 Å². The number of nitrogens with one attached hydrogen (secondary N) is 1. The molecular formula is C21H17F4N3O3S2. The minimum atomic E-state index is -4.25. The zero-order chi connectivity index (χ0) is 23.8. The van der Waals surface area contributed by atoms with Gasteiger partial charge in [-0.1, -0.05) is 0 Å². The summed E-state index contributed by atoms with van der Waals surface area (Å²) >= 11 is 1.04. The highest BCUT2D eigenvalue weighted by atomic mass is 32.2. The molecule has 3 aromatic rings. The third-order valence-electron chi connectivity index (χ3n) is 5.27. The highest BCUT2D eigenvalue weighted by Crippen LogP contribution is 2.30. The number of thiazole rings is 1. The molecule has 0 spiro atoms. The largest absolute Gasteiger partial charge is 0.302 e. The second-order valence-corrected chi connectivity index (χ2v) is 10.2. The van der Waals surface area contributed by atoms with Crippen LogP contribution in [0.5, 0.6) is 0 Å². The lowest BCUT2D eigenvalue weighted by molar-refractivity contribution is -0.120. The van der Waals surface area contributed by atoms with Crippen LogP contribution in [0, 0.1) is 29.2 Å². The number of halogens is 4. The minimum Gasteiger partial charge on any atom is -0.302 e. The van der Waals surface area contributed by atoms with Crippen LogP contribution in [0.25, 0.3) is 11.3 Å². The Labute approximate surface area is 190 Å². The van der Waals surface area contributed by atoms with Crippen LogP contribution in [-0.2, 0) is 14.8 Å². The maximum atomic E-state index is 14.0. The fourth-order valence-electron chi connectivity index (χ4n) is 3.53. The molecule has 0 saturated carbocycles. The average molecular weight is 500 g/mol. The van der Waals surface area contributed by atoms with E-state index in [-0.39, 0.29) is 42.3 Å². The summed E-state index contributed by atoms with van der Waals surface area (Å²) in [6, 6.07) is 5.19. The van der Waals surface area contributed by atoms with Crippen molar-refractivity contribution < 1.29 is 30.8 Å². The molecule has 12 heteroatoms. The van der Waals surface area contributed by atoms with E-state index in [4.69, 9.17) is 0 Å². The molecule has 0 aliphatic carbocycles. The number of carbonyl (C=O) groups is 1. The van der Waals surface area contributed by atoms with Gasteiger partial charge in [-0.25, -0.2) is 31.0 Å². The summed E-state index contributed by atoms with van der Waals surface area (Å²) in [5, 5.41) is 4.29. The summed E-state index contributed by atoms with van der Waals surface area (Å²) in [5.74, 6) is -4.12. The first-order valence-corrected chi connectivity index (χ1v) is 12.1. The van der Waals surface area contributed by atoms with Gasteiger partial charge < -0.3 is 5.32 Å². The van der Waals surface area contributed by atoms with E-state index in [0.717, 1.165) is 46.0 Å². The Balaban J connectivity index is 1.40. The lowest BCUT2D eigenvalue weighted by atomic mass is 9.97. The van der Waals surface area contributed by atoms with Crippen molar-refractivity contribution in [3.05, 3.63) is 65.0 Å². The first kappa shape index (κ1) is 23.3. The molecular weight excluding hydrogens is 482 g/mol. The first-order chi connectivity index (χ1) is 15.6. The van der Waals surface area contributed by atoms with Crippen molar-refractivity contribution in [1.29, 1.82) is 0 Å². The number of anilines is 1. The van der Waals surface area contributed by atoms with E-state index >= 15 is 0 Å². The van der Waals surface area contributed by atoms with Gasteiger partial charge in [-0.15, -0.1) is 11.3 Å². The molecule has 6 nitrogen and oxygen atoms in total. The molecule has 0 unspecified atom stereocenters. The predicted octanol–water partition coefficient (Wildman–Crippen LogP) is 4.41. The number of aromatic nitrogens is 1. The van der Waals surface area contributed by atoms with Gasteiger partial charge in [0.1, 0.15) is 28.2 Å². The molecule has 1 amide bonds. The number of benzene rings is 2. The summed E-state index contributed by atoms with van der Waals surface area (Å²) < 4.78 is 81.1. The molecule has 2 aromatic carbocycles. The average Bonchev–Trinajstić information content (AvgIpc) is 3.25. The standard InChI is InChI=1S/C21H17F4N3O3S2/c22-13-1-3-16(24)15(9-13)18-11-32-21(26-18)27-20(29)12-5-7-28(8-6-12)33(30,31)19-10-14(23)2-4-17(19)25/h1-4,9-12H,5-8H2,(H,26,27,29). The Morgan fingerprint density at radius 3 is 2.33 bits per heavy atom. The quantitative estimate of drug-likeness (QED) is 0.528. The van der Waals surface area contributed by atoms with Gasteiger partial charge >= 0.3 is 0 Å². The maximum absolute atomic E-state index is 14.0. The number of hydrogen-bond acceptors (Lipinski definition) is 5. The van der Waals surface area contributed by atoms with Gasteiger partial charge in [0.05, 0.1) is 5.69 Å². The van der Waals surface area contributed by atoms with Crippen molar-refractivity contribution >= 4 is 32.4 Å². The van der Waals surface area contributed by atoms with E-state index in [2.05, 4.69) is 10.3 Å². The van der Waals surface area contributed by atoms with E-state index in [1.807, 2.05) is 0 Å². The second-order valence-electron chi connectivity index (χ2n) is 7.40. The van der Waals surface area contributed by atoms with Gasteiger partial charge in [-0.3, -0.25) is 4.79 Å². The maximum Gasteiger partial charge on any atom is 0.246 e. The minimum absolute atomic E-state index is 0.0326. The van der Waals surface area contributed by atoms with Crippen molar-refractivity contribution in [2.75, 3.05) is 18.4 Å². The van der Waals surface area contributed by atoms with Crippen molar-refractivity contribution in [3.8, 4) is 11.3 Å². The van der Waals surface area contributed by atoms with Crippen molar-refractivity contribution in [1.82, 2.24) is 9.29 Å². The predicted molar refractivity (Wildman–Crippen MR) is 114 cm³/mol. The number of amides is 1. The zero-order valence-corrected chi connectivity index (χ0v) is 18.5. The van der Waals surface area contributed by atoms with Gasteiger partial charge in [0.15, 0.2) is 5.13 Å². The lowest BCUT2D eigenvalue weighted by Gasteiger charge is -2.30. The molecule has 0 radical (unpaired) electrons. The SMILES string of the molecule is O=C(Nc1nc(-c2cc(F)ccc2F)cs1)C1CCN(S(=O)(=O)c2cc(F)ccc2F)CC1. The van der Waals surface area contributed by atoms with Crippen LogP contribution >= 0.6 is 11.3 Å². The molecule has 4 rings (SSSR count). The Hall–Kier alpha value is -2.83. The van der Waals surface area contributed by atoms with E-state index < -0.39 is 50.0 Å². The van der Waals surface area contributed by atoms with Gasteiger partial charge in [0.2, 0.25) is 15.9 Å².